The fraction of sp³-hybridized carbons (Fsp3) is 0.519. The number of hydrogen-bond acceptors (Lipinski definition) is 4. The molecule has 2 aromatic carbocycles. The first-order valence-electron chi connectivity index (χ1n) is 12.5. The summed E-state index contributed by atoms with van der Waals surface area (Å²) in [7, 11) is 0. The van der Waals surface area contributed by atoms with Crippen LogP contribution in [0.4, 0.5) is 11.4 Å². The molecular formula is C27H35N3OS. The summed E-state index contributed by atoms with van der Waals surface area (Å²) in [6.45, 7) is 3.47. The van der Waals surface area contributed by atoms with E-state index in [1.807, 2.05) is 18.2 Å². The minimum Gasteiger partial charge on any atom is -0.353 e. The van der Waals surface area contributed by atoms with Crippen molar-refractivity contribution in [3.63, 3.8) is 0 Å². The largest absolute Gasteiger partial charge is 0.353 e. The Balaban J connectivity index is 1.16. The highest BCUT2D eigenvalue weighted by Crippen LogP contribution is 2.45. The number of hydrogen-bond donors (Lipinski definition) is 2. The molecule has 0 atom stereocenters. The number of rotatable bonds is 4. The SMILES string of the molecule is O=C(NC1CCN(CC2CCCCCCC2)CC1)c1cccc2c1Nc1ccccc1S2. The lowest BCUT2D eigenvalue weighted by Gasteiger charge is -2.35. The number of carbonyl (C=O) groups excluding carboxylic acids is 1. The first-order valence-corrected chi connectivity index (χ1v) is 13.3. The third kappa shape index (κ3) is 5.15. The van der Waals surface area contributed by atoms with E-state index in [9.17, 15) is 4.79 Å². The van der Waals surface area contributed by atoms with Crippen LogP contribution in [-0.4, -0.2) is 36.5 Å². The minimum absolute atomic E-state index is 0.0489. The van der Waals surface area contributed by atoms with Crippen molar-refractivity contribution in [1.82, 2.24) is 10.2 Å². The highest BCUT2D eigenvalue weighted by Gasteiger charge is 2.26. The van der Waals surface area contributed by atoms with Crippen molar-refractivity contribution in [2.24, 2.45) is 5.92 Å². The Morgan fingerprint density at radius 3 is 2.44 bits per heavy atom. The van der Waals surface area contributed by atoms with Gasteiger partial charge in [0.25, 0.3) is 5.91 Å². The molecular weight excluding hydrogens is 414 g/mol. The second-order valence-electron chi connectivity index (χ2n) is 9.66. The third-order valence-electron chi connectivity index (χ3n) is 7.30. The topological polar surface area (TPSA) is 44.4 Å². The maximum absolute atomic E-state index is 13.2. The summed E-state index contributed by atoms with van der Waals surface area (Å²) in [6, 6.07) is 14.6. The molecule has 5 heteroatoms. The summed E-state index contributed by atoms with van der Waals surface area (Å²) in [5, 5.41) is 6.84. The van der Waals surface area contributed by atoms with Crippen LogP contribution in [0.2, 0.25) is 0 Å². The first kappa shape index (κ1) is 21.8. The summed E-state index contributed by atoms with van der Waals surface area (Å²) in [6.07, 6.45) is 12.0. The summed E-state index contributed by atoms with van der Waals surface area (Å²) in [5.74, 6) is 0.927. The van der Waals surface area contributed by atoms with Gasteiger partial charge in [0.15, 0.2) is 0 Å². The number of benzene rings is 2. The normalized spacial score (nSPS) is 20.4. The van der Waals surface area contributed by atoms with Crippen LogP contribution in [0, 0.1) is 5.92 Å². The predicted octanol–water partition coefficient (Wildman–Crippen LogP) is 6.45. The molecule has 0 unspecified atom stereocenters. The Hall–Kier alpha value is -1.98. The number of likely N-dealkylation sites (tertiary alicyclic amines) is 1. The van der Waals surface area contributed by atoms with E-state index in [2.05, 4.69) is 39.8 Å². The maximum Gasteiger partial charge on any atom is 0.253 e. The number of amides is 1. The zero-order valence-corrected chi connectivity index (χ0v) is 19.8. The molecule has 2 fully saturated rings. The van der Waals surface area contributed by atoms with E-state index in [1.165, 1.54) is 56.4 Å². The standard InChI is InChI=1S/C27H35N3OS/c31-27(22-11-8-14-25-26(22)29-23-12-6-7-13-24(23)32-25)28-21-15-17-30(18-16-21)19-20-9-4-2-1-3-5-10-20/h6-8,11-14,20-21,29H,1-5,9-10,15-19H2,(H,28,31). The Kier molecular flexibility index (Phi) is 7.03. The van der Waals surface area contributed by atoms with Crippen molar-refractivity contribution in [2.45, 2.75) is 73.6 Å². The van der Waals surface area contributed by atoms with Crippen molar-refractivity contribution in [1.29, 1.82) is 0 Å². The summed E-state index contributed by atoms with van der Waals surface area (Å²) in [4.78, 5) is 18.2. The Morgan fingerprint density at radius 1 is 0.906 bits per heavy atom. The second-order valence-corrected chi connectivity index (χ2v) is 10.7. The van der Waals surface area contributed by atoms with Crippen molar-refractivity contribution in [2.75, 3.05) is 25.0 Å². The van der Waals surface area contributed by atoms with Crippen LogP contribution in [0.25, 0.3) is 0 Å². The molecule has 0 aromatic heterocycles. The highest BCUT2D eigenvalue weighted by atomic mass is 32.2. The van der Waals surface area contributed by atoms with Gasteiger partial charge in [-0.25, -0.2) is 0 Å². The number of piperidine rings is 1. The van der Waals surface area contributed by atoms with Crippen LogP contribution in [0.3, 0.4) is 0 Å². The fourth-order valence-corrected chi connectivity index (χ4v) is 6.48. The lowest BCUT2D eigenvalue weighted by molar-refractivity contribution is 0.0903. The molecule has 2 heterocycles. The third-order valence-corrected chi connectivity index (χ3v) is 8.44. The number of fused-ring (bicyclic) bond motifs is 2. The molecule has 2 N–H and O–H groups in total. The number of carbonyl (C=O) groups is 1. The summed E-state index contributed by atoms with van der Waals surface area (Å²) >= 11 is 1.73. The number of anilines is 2. The number of nitrogens with zero attached hydrogens (tertiary/aromatic N) is 1. The zero-order chi connectivity index (χ0) is 21.8. The van der Waals surface area contributed by atoms with E-state index in [1.54, 1.807) is 11.8 Å². The molecule has 1 amide bonds. The van der Waals surface area contributed by atoms with Gasteiger partial charge < -0.3 is 15.5 Å². The summed E-state index contributed by atoms with van der Waals surface area (Å²) < 4.78 is 0. The van der Waals surface area contributed by atoms with E-state index in [-0.39, 0.29) is 11.9 Å². The lowest BCUT2D eigenvalue weighted by atomic mass is 9.90. The van der Waals surface area contributed by atoms with Crippen LogP contribution in [-0.2, 0) is 0 Å². The Morgan fingerprint density at radius 2 is 1.62 bits per heavy atom. The highest BCUT2D eigenvalue weighted by molar-refractivity contribution is 7.99. The molecule has 3 aliphatic rings. The number of nitrogens with one attached hydrogen (secondary N) is 2. The molecule has 0 radical (unpaired) electrons. The smallest absolute Gasteiger partial charge is 0.253 e. The van der Waals surface area contributed by atoms with Gasteiger partial charge in [-0.15, -0.1) is 0 Å². The molecule has 0 bridgehead atoms. The van der Waals surface area contributed by atoms with Crippen LogP contribution in [0.15, 0.2) is 52.3 Å². The number of para-hydroxylation sites is 2. The van der Waals surface area contributed by atoms with Crippen LogP contribution in [0.1, 0.15) is 68.1 Å². The molecule has 170 valence electrons. The van der Waals surface area contributed by atoms with E-state index in [0.717, 1.165) is 53.7 Å². The second kappa shape index (κ2) is 10.3. The van der Waals surface area contributed by atoms with Gasteiger partial charge in [0.05, 0.1) is 16.9 Å². The molecule has 4 nitrogen and oxygen atoms in total. The van der Waals surface area contributed by atoms with Crippen molar-refractivity contribution in [3.05, 3.63) is 48.0 Å². The quantitative estimate of drug-likeness (QED) is 0.480. The molecule has 1 saturated carbocycles. The molecule has 1 aliphatic carbocycles. The molecule has 5 rings (SSSR count). The van der Waals surface area contributed by atoms with Gasteiger partial charge >= 0.3 is 0 Å². The van der Waals surface area contributed by atoms with Crippen LogP contribution in [0.5, 0.6) is 0 Å². The van der Waals surface area contributed by atoms with E-state index < -0.39 is 0 Å². The van der Waals surface area contributed by atoms with Crippen LogP contribution >= 0.6 is 11.8 Å². The van der Waals surface area contributed by atoms with E-state index in [4.69, 9.17) is 0 Å². The van der Waals surface area contributed by atoms with Crippen LogP contribution < -0.4 is 10.6 Å². The predicted molar refractivity (Wildman–Crippen MR) is 133 cm³/mol. The van der Waals surface area contributed by atoms with E-state index >= 15 is 0 Å². The van der Waals surface area contributed by atoms with Gasteiger partial charge in [0, 0.05) is 35.5 Å². The lowest BCUT2D eigenvalue weighted by Crippen LogP contribution is -2.46. The van der Waals surface area contributed by atoms with Gasteiger partial charge in [-0.2, -0.15) is 0 Å². The minimum atomic E-state index is 0.0489. The molecule has 2 aromatic rings. The van der Waals surface area contributed by atoms with Crippen molar-refractivity contribution >= 4 is 29.0 Å². The first-order chi connectivity index (χ1) is 15.8. The summed E-state index contributed by atoms with van der Waals surface area (Å²) in [5.41, 5.74) is 2.77. The zero-order valence-electron chi connectivity index (χ0n) is 18.9. The Labute approximate surface area is 196 Å². The molecule has 32 heavy (non-hydrogen) atoms. The average Bonchev–Trinajstić information content (AvgIpc) is 2.80. The molecule has 1 saturated heterocycles. The fourth-order valence-electron chi connectivity index (χ4n) is 5.46. The molecule has 2 aliphatic heterocycles. The van der Waals surface area contributed by atoms with Gasteiger partial charge in [-0.05, 0) is 55.9 Å². The molecule has 0 spiro atoms. The van der Waals surface area contributed by atoms with Crippen molar-refractivity contribution in [3.8, 4) is 0 Å². The maximum atomic E-state index is 13.2. The van der Waals surface area contributed by atoms with Gasteiger partial charge in [-0.1, -0.05) is 62.1 Å². The van der Waals surface area contributed by atoms with E-state index in [0.29, 0.717) is 0 Å². The van der Waals surface area contributed by atoms with Gasteiger partial charge in [-0.3, -0.25) is 4.79 Å². The monoisotopic (exact) mass is 449 g/mol. The Bertz CT molecular complexity index is 930. The van der Waals surface area contributed by atoms with Gasteiger partial charge in [0.2, 0.25) is 0 Å². The van der Waals surface area contributed by atoms with Gasteiger partial charge in [0.1, 0.15) is 0 Å². The van der Waals surface area contributed by atoms with Crippen molar-refractivity contribution < 1.29 is 4.79 Å². The average molecular weight is 450 g/mol.